The Morgan fingerprint density at radius 3 is 2.89 bits per heavy atom. The van der Waals surface area contributed by atoms with E-state index in [1.54, 1.807) is 0 Å². The zero-order valence-corrected chi connectivity index (χ0v) is 11.9. The van der Waals surface area contributed by atoms with E-state index in [0.717, 1.165) is 28.3 Å². The molecule has 1 aromatic heterocycles. The lowest BCUT2D eigenvalue weighted by molar-refractivity contribution is 0.175. The Labute approximate surface area is 117 Å². The highest BCUT2D eigenvalue weighted by Gasteiger charge is 2.37. The number of halogens is 1. The number of hydrogen-bond acceptors (Lipinski definition) is 3. The third-order valence-corrected chi connectivity index (χ3v) is 3.90. The van der Waals surface area contributed by atoms with Gasteiger partial charge in [-0.05, 0) is 38.5 Å². The number of fused-ring (bicyclic) bond motifs is 1. The Bertz CT molecular complexity index is 614. The molecule has 1 aliphatic rings. The molecule has 0 aliphatic carbocycles. The van der Waals surface area contributed by atoms with Gasteiger partial charge in [0, 0.05) is 17.7 Å². The monoisotopic (exact) mass is 279 g/mol. The quantitative estimate of drug-likeness (QED) is 0.920. The number of rotatable bonds is 2. The van der Waals surface area contributed by atoms with Gasteiger partial charge in [-0.25, -0.2) is 4.98 Å². The van der Waals surface area contributed by atoms with Crippen molar-refractivity contribution in [1.29, 1.82) is 0 Å². The molecule has 0 spiro atoms. The number of imidazole rings is 1. The molecule has 0 bridgehead atoms. The summed E-state index contributed by atoms with van der Waals surface area (Å²) in [6, 6.07) is 6.03. The van der Waals surface area contributed by atoms with Gasteiger partial charge in [-0.2, -0.15) is 0 Å². The Morgan fingerprint density at radius 1 is 1.47 bits per heavy atom. The van der Waals surface area contributed by atoms with Crippen molar-refractivity contribution < 1.29 is 4.74 Å². The first-order chi connectivity index (χ1) is 9.01. The maximum atomic E-state index is 6.48. The standard InChI is InChI=1S/C14H18ClN3O/c1-9(2)18-12-7-10(15)3-4-11(12)17-13(18)14(16)5-6-19-8-14/h3-4,7,9H,5-6,8,16H2,1-2H3. The van der Waals surface area contributed by atoms with E-state index >= 15 is 0 Å². The molecule has 1 fully saturated rings. The van der Waals surface area contributed by atoms with E-state index in [2.05, 4.69) is 18.4 Å². The summed E-state index contributed by atoms with van der Waals surface area (Å²) in [5.41, 5.74) is 7.96. The van der Waals surface area contributed by atoms with E-state index in [1.165, 1.54) is 0 Å². The Balaban J connectivity index is 2.26. The largest absolute Gasteiger partial charge is 0.379 e. The first-order valence-electron chi connectivity index (χ1n) is 6.56. The first kappa shape index (κ1) is 12.9. The number of ether oxygens (including phenoxy) is 1. The van der Waals surface area contributed by atoms with Gasteiger partial charge in [-0.3, -0.25) is 0 Å². The molecule has 19 heavy (non-hydrogen) atoms. The van der Waals surface area contributed by atoms with Crippen molar-refractivity contribution in [3.63, 3.8) is 0 Å². The molecule has 3 rings (SSSR count). The van der Waals surface area contributed by atoms with Crippen LogP contribution >= 0.6 is 11.6 Å². The smallest absolute Gasteiger partial charge is 0.132 e. The normalized spacial score (nSPS) is 23.6. The van der Waals surface area contributed by atoms with Crippen LogP contribution in [0.15, 0.2) is 18.2 Å². The average molecular weight is 280 g/mol. The second-order valence-electron chi connectivity index (χ2n) is 5.49. The Kier molecular flexibility index (Phi) is 3.04. The predicted octanol–water partition coefficient (Wildman–Crippen LogP) is 2.84. The third kappa shape index (κ3) is 2.04. The zero-order chi connectivity index (χ0) is 13.6. The summed E-state index contributed by atoms with van der Waals surface area (Å²) in [5.74, 6) is 0.900. The highest BCUT2D eigenvalue weighted by molar-refractivity contribution is 6.31. The summed E-state index contributed by atoms with van der Waals surface area (Å²) in [4.78, 5) is 4.73. The van der Waals surface area contributed by atoms with Gasteiger partial charge < -0.3 is 15.0 Å². The topological polar surface area (TPSA) is 53.1 Å². The van der Waals surface area contributed by atoms with Crippen LogP contribution in [0.25, 0.3) is 11.0 Å². The van der Waals surface area contributed by atoms with Crippen LogP contribution in [0.4, 0.5) is 0 Å². The van der Waals surface area contributed by atoms with Crippen LogP contribution in [0.5, 0.6) is 0 Å². The summed E-state index contributed by atoms with van der Waals surface area (Å²) < 4.78 is 7.64. The summed E-state index contributed by atoms with van der Waals surface area (Å²) >= 11 is 6.10. The molecule has 1 aromatic carbocycles. The number of benzene rings is 1. The molecule has 4 nitrogen and oxygen atoms in total. The maximum absolute atomic E-state index is 6.48. The molecule has 102 valence electrons. The lowest BCUT2D eigenvalue weighted by atomic mass is 9.99. The van der Waals surface area contributed by atoms with Crippen molar-refractivity contribution >= 4 is 22.6 Å². The maximum Gasteiger partial charge on any atom is 0.132 e. The van der Waals surface area contributed by atoms with Gasteiger partial charge >= 0.3 is 0 Å². The highest BCUT2D eigenvalue weighted by Crippen LogP contribution is 2.33. The van der Waals surface area contributed by atoms with Crippen molar-refractivity contribution in [3.8, 4) is 0 Å². The minimum Gasteiger partial charge on any atom is -0.379 e. The average Bonchev–Trinajstić information content (AvgIpc) is 2.93. The van der Waals surface area contributed by atoms with E-state index in [-0.39, 0.29) is 6.04 Å². The van der Waals surface area contributed by atoms with Crippen molar-refractivity contribution in [3.05, 3.63) is 29.0 Å². The van der Waals surface area contributed by atoms with Crippen LogP contribution < -0.4 is 5.73 Å². The van der Waals surface area contributed by atoms with Gasteiger partial charge in [0.05, 0.1) is 17.6 Å². The Hall–Kier alpha value is -1.10. The van der Waals surface area contributed by atoms with Gasteiger partial charge in [-0.1, -0.05) is 11.6 Å². The number of aromatic nitrogens is 2. The molecular formula is C14H18ClN3O. The second-order valence-corrected chi connectivity index (χ2v) is 5.93. The van der Waals surface area contributed by atoms with Crippen molar-refractivity contribution in [2.45, 2.75) is 31.8 Å². The second kappa shape index (κ2) is 4.47. The fourth-order valence-corrected chi connectivity index (χ4v) is 2.86. The van der Waals surface area contributed by atoms with Crippen LogP contribution in [-0.2, 0) is 10.3 Å². The van der Waals surface area contributed by atoms with E-state index in [9.17, 15) is 0 Å². The fourth-order valence-electron chi connectivity index (χ4n) is 2.70. The molecule has 0 amide bonds. The number of nitrogens with zero attached hydrogens (tertiary/aromatic N) is 2. The van der Waals surface area contributed by atoms with Gasteiger partial charge in [0.25, 0.3) is 0 Å². The summed E-state index contributed by atoms with van der Waals surface area (Å²) in [6.07, 6.45) is 0.802. The lowest BCUT2D eigenvalue weighted by Crippen LogP contribution is -2.40. The molecule has 1 atom stereocenters. The Morgan fingerprint density at radius 2 is 2.26 bits per heavy atom. The highest BCUT2D eigenvalue weighted by atomic mass is 35.5. The van der Waals surface area contributed by atoms with Crippen LogP contribution in [0, 0.1) is 0 Å². The molecule has 0 radical (unpaired) electrons. The first-order valence-corrected chi connectivity index (χ1v) is 6.94. The van der Waals surface area contributed by atoms with Crippen molar-refractivity contribution in [2.24, 2.45) is 5.73 Å². The van der Waals surface area contributed by atoms with Crippen LogP contribution in [0.1, 0.15) is 32.1 Å². The van der Waals surface area contributed by atoms with Gasteiger partial charge in [-0.15, -0.1) is 0 Å². The van der Waals surface area contributed by atoms with Gasteiger partial charge in [0.2, 0.25) is 0 Å². The molecule has 1 saturated heterocycles. The molecule has 2 heterocycles. The van der Waals surface area contributed by atoms with Gasteiger partial charge in [0.15, 0.2) is 0 Å². The predicted molar refractivity (Wildman–Crippen MR) is 76.4 cm³/mol. The summed E-state index contributed by atoms with van der Waals surface area (Å²) in [5, 5.41) is 0.717. The van der Waals surface area contributed by atoms with E-state index in [4.69, 9.17) is 27.1 Å². The molecule has 0 saturated carbocycles. The zero-order valence-electron chi connectivity index (χ0n) is 11.2. The SMILES string of the molecule is CC(C)n1c(C2(N)CCOC2)nc2ccc(Cl)cc21. The van der Waals surface area contributed by atoms with Gasteiger partial charge in [0.1, 0.15) is 11.4 Å². The minimum atomic E-state index is -0.490. The molecule has 1 unspecified atom stereocenters. The molecule has 2 aromatic rings. The van der Waals surface area contributed by atoms with Crippen molar-refractivity contribution in [2.75, 3.05) is 13.2 Å². The summed E-state index contributed by atoms with van der Waals surface area (Å²) in [6.45, 7) is 5.48. The van der Waals surface area contributed by atoms with E-state index in [0.29, 0.717) is 13.2 Å². The van der Waals surface area contributed by atoms with E-state index in [1.807, 2.05) is 18.2 Å². The fraction of sp³-hybridized carbons (Fsp3) is 0.500. The number of nitrogens with two attached hydrogens (primary N) is 1. The van der Waals surface area contributed by atoms with Crippen molar-refractivity contribution in [1.82, 2.24) is 9.55 Å². The molecular weight excluding hydrogens is 262 g/mol. The van der Waals surface area contributed by atoms with E-state index < -0.39 is 5.54 Å². The lowest BCUT2D eigenvalue weighted by Gasteiger charge is -2.24. The van der Waals surface area contributed by atoms with Crippen LogP contribution in [-0.4, -0.2) is 22.8 Å². The molecule has 1 aliphatic heterocycles. The third-order valence-electron chi connectivity index (χ3n) is 3.67. The summed E-state index contributed by atoms with van der Waals surface area (Å²) in [7, 11) is 0. The van der Waals surface area contributed by atoms with Crippen LogP contribution in [0.2, 0.25) is 5.02 Å². The molecule has 2 N–H and O–H groups in total. The number of hydrogen-bond donors (Lipinski definition) is 1. The van der Waals surface area contributed by atoms with Crippen LogP contribution in [0.3, 0.4) is 0 Å². The molecule has 5 heteroatoms. The minimum absolute atomic E-state index is 0.277.